The van der Waals surface area contributed by atoms with E-state index in [4.69, 9.17) is 4.74 Å². The zero-order valence-corrected chi connectivity index (χ0v) is 14.8. The molecule has 1 aliphatic carbocycles. The second-order valence-corrected chi connectivity index (χ2v) is 7.21. The number of hydrogen-bond donors (Lipinski definition) is 1. The van der Waals surface area contributed by atoms with Crippen LogP contribution in [0.25, 0.3) is 0 Å². The van der Waals surface area contributed by atoms with E-state index >= 15 is 0 Å². The Morgan fingerprint density at radius 2 is 1.92 bits per heavy atom. The summed E-state index contributed by atoms with van der Waals surface area (Å²) < 4.78 is 5.28. The Balaban J connectivity index is 1.48. The lowest BCUT2D eigenvalue weighted by atomic mass is 10.1. The van der Waals surface area contributed by atoms with Crippen molar-refractivity contribution in [1.82, 2.24) is 10.2 Å². The molecule has 2 fully saturated rings. The number of para-hydroxylation sites is 1. The third kappa shape index (κ3) is 4.29. The van der Waals surface area contributed by atoms with E-state index in [9.17, 15) is 4.79 Å². The maximum atomic E-state index is 12.4. The summed E-state index contributed by atoms with van der Waals surface area (Å²) in [6.07, 6.45) is 9.50. The molecule has 1 saturated heterocycles. The fourth-order valence-corrected chi connectivity index (χ4v) is 4.15. The van der Waals surface area contributed by atoms with Crippen LogP contribution in [0.3, 0.4) is 0 Å². The molecule has 1 saturated carbocycles. The number of nitrogens with one attached hydrogen (secondary N) is 1. The number of likely N-dealkylation sites (tertiary alicyclic amines) is 1. The quantitative estimate of drug-likeness (QED) is 0.841. The third-order valence-electron chi connectivity index (χ3n) is 5.56. The van der Waals surface area contributed by atoms with Crippen LogP contribution in [-0.4, -0.2) is 43.6 Å². The van der Waals surface area contributed by atoms with Gasteiger partial charge in [0.2, 0.25) is 0 Å². The predicted molar refractivity (Wildman–Crippen MR) is 96.5 cm³/mol. The van der Waals surface area contributed by atoms with Gasteiger partial charge < -0.3 is 15.0 Å². The van der Waals surface area contributed by atoms with Crippen molar-refractivity contribution >= 4 is 5.91 Å². The molecule has 1 aromatic rings. The zero-order chi connectivity index (χ0) is 16.8. The minimum absolute atomic E-state index is 0.0274. The second-order valence-electron chi connectivity index (χ2n) is 7.21. The third-order valence-corrected chi connectivity index (χ3v) is 5.56. The molecule has 0 aromatic heterocycles. The molecule has 4 nitrogen and oxygen atoms in total. The summed E-state index contributed by atoms with van der Waals surface area (Å²) in [7, 11) is 1.60. The monoisotopic (exact) mass is 330 g/mol. The van der Waals surface area contributed by atoms with Gasteiger partial charge in [-0.15, -0.1) is 0 Å². The zero-order valence-electron chi connectivity index (χ0n) is 14.8. The van der Waals surface area contributed by atoms with E-state index < -0.39 is 0 Å². The highest BCUT2D eigenvalue weighted by molar-refractivity contribution is 5.96. The van der Waals surface area contributed by atoms with Gasteiger partial charge in [-0.25, -0.2) is 0 Å². The lowest BCUT2D eigenvalue weighted by Crippen LogP contribution is -2.35. The summed E-state index contributed by atoms with van der Waals surface area (Å²) in [4.78, 5) is 15.1. The first-order valence-corrected chi connectivity index (χ1v) is 9.43. The van der Waals surface area contributed by atoms with Crippen LogP contribution in [0, 0.1) is 5.92 Å². The van der Waals surface area contributed by atoms with Crippen molar-refractivity contribution in [2.75, 3.05) is 26.7 Å². The van der Waals surface area contributed by atoms with Crippen LogP contribution < -0.4 is 10.1 Å². The van der Waals surface area contributed by atoms with E-state index in [1.54, 1.807) is 7.11 Å². The average Bonchev–Trinajstić information content (AvgIpc) is 2.93. The molecule has 24 heavy (non-hydrogen) atoms. The Morgan fingerprint density at radius 1 is 1.17 bits per heavy atom. The van der Waals surface area contributed by atoms with Gasteiger partial charge in [-0.05, 0) is 43.9 Å². The number of ether oxygens (including phenoxy) is 1. The molecule has 1 N–H and O–H groups in total. The molecule has 1 unspecified atom stereocenters. The molecular weight excluding hydrogens is 300 g/mol. The molecule has 1 aromatic carbocycles. The van der Waals surface area contributed by atoms with Gasteiger partial charge in [-0.2, -0.15) is 0 Å². The highest BCUT2D eigenvalue weighted by atomic mass is 16.5. The number of methoxy groups -OCH3 is 1. The minimum atomic E-state index is -0.0274. The number of rotatable bonds is 5. The van der Waals surface area contributed by atoms with E-state index in [0.29, 0.717) is 17.2 Å². The average molecular weight is 330 g/mol. The maximum absolute atomic E-state index is 12.4. The van der Waals surface area contributed by atoms with E-state index in [1.165, 1.54) is 51.5 Å². The fourth-order valence-electron chi connectivity index (χ4n) is 4.15. The SMILES string of the molecule is COc1ccccc1C(=O)NCC1CCN(C2CCCCCC2)C1. The largest absolute Gasteiger partial charge is 0.496 e. The Bertz CT molecular complexity index is 538. The van der Waals surface area contributed by atoms with Crippen molar-refractivity contribution in [2.45, 2.75) is 51.0 Å². The predicted octanol–water partition coefficient (Wildman–Crippen LogP) is 3.47. The first-order valence-electron chi connectivity index (χ1n) is 9.43. The van der Waals surface area contributed by atoms with Crippen LogP contribution in [0.15, 0.2) is 24.3 Å². The van der Waals surface area contributed by atoms with Gasteiger partial charge in [0.15, 0.2) is 0 Å². The van der Waals surface area contributed by atoms with Gasteiger partial charge in [-0.3, -0.25) is 4.79 Å². The van der Waals surface area contributed by atoms with Crippen molar-refractivity contribution < 1.29 is 9.53 Å². The van der Waals surface area contributed by atoms with E-state index in [2.05, 4.69) is 10.2 Å². The molecule has 1 heterocycles. The number of carbonyl (C=O) groups excluding carboxylic acids is 1. The summed E-state index contributed by atoms with van der Waals surface area (Å²) in [6, 6.07) is 8.19. The molecule has 2 aliphatic rings. The number of amides is 1. The molecule has 0 spiro atoms. The van der Waals surface area contributed by atoms with Gasteiger partial charge in [0.1, 0.15) is 5.75 Å². The summed E-state index contributed by atoms with van der Waals surface area (Å²) in [5, 5.41) is 3.11. The van der Waals surface area contributed by atoms with Crippen molar-refractivity contribution in [3.05, 3.63) is 29.8 Å². The first-order chi connectivity index (χ1) is 11.8. The Hall–Kier alpha value is -1.55. The molecule has 1 amide bonds. The highest BCUT2D eigenvalue weighted by Gasteiger charge is 2.28. The fraction of sp³-hybridized carbons (Fsp3) is 0.650. The summed E-state index contributed by atoms with van der Waals surface area (Å²) in [6.45, 7) is 3.09. The van der Waals surface area contributed by atoms with Crippen LogP contribution >= 0.6 is 0 Å². The number of hydrogen-bond acceptors (Lipinski definition) is 3. The van der Waals surface area contributed by atoms with E-state index in [-0.39, 0.29) is 5.91 Å². The summed E-state index contributed by atoms with van der Waals surface area (Å²) in [5.41, 5.74) is 0.624. The van der Waals surface area contributed by atoms with Crippen LogP contribution in [0.1, 0.15) is 55.3 Å². The van der Waals surface area contributed by atoms with Crippen LogP contribution in [0.5, 0.6) is 5.75 Å². The minimum Gasteiger partial charge on any atom is -0.496 e. The Labute approximate surface area is 145 Å². The maximum Gasteiger partial charge on any atom is 0.255 e. The molecule has 3 rings (SSSR count). The standard InChI is InChI=1S/C20H30N2O2/c1-24-19-11-7-6-10-18(19)20(23)21-14-16-12-13-22(15-16)17-8-4-2-3-5-9-17/h6-7,10-11,16-17H,2-5,8-9,12-15H2,1H3,(H,21,23). The van der Waals surface area contributed by atoms with Crippen molar-refractivity contribution in [3.63, 3.8) is 0 Å². The van der Waals surface area contributed by atoms with Crippen LogP contribution in [0.2, 0.25) is 0 Å². The van der Waals surface area contributed by atoms with Crippen LogP contribution in [-0.2, 0) is 0 Å². The van der Waals surface area contributed by atoms with Crippen molar-refractivity contribution in [1.29, 1.82) is 0 Å². The van der Waals surface area contributed by atoms with Gasteiger partial charge in [0, 0.05) is 19.1 Å². The molecule has 0 bridgehead atoms. The summed E-state index contributed by atoms with van der Waals surface area (Å²) >= 11 is 0. The van der Waals surface area contributed by atoms with Crippen LogP contribution in [0.4, 0.5) is 0 Å². The van der Waals surface area contributed by atoms with Gasteiger partial charge in [0.05, 0.1) is 12.7 Å². The number of benzene rings is 1. The van der Waals surface area contributed by atoms with Gasteiger partial charge in [-0.1, -0.05) is 37.8 Å². The molecule has 0 radical (unpaired) electrons. The smallest absolute Gasteiger partial charge is 0.255 e. The Morgan fingerprint density at radius 3 is 2.67 bits per heavy atom. The molecular formula is C20H30N2O2. The molecule has 132 valence electrons. The highest BCUT2D eigenvalue weighted by Crippen LogP contribution is 2.27. The topological polar surface area (TPSA) is 41.6 Å². The van der Waals surface area contributed by atoms with Crippen molar-refractivity contribution in [3.8, 4) is 5.75 Å². The number of carbonyl (C=O) groups is 1. The van der Waals surface area contributed by atoms with Gasteiger partial charge in [0.25, 0.3) is 5.91 Å². The van der Waals surface area contributed by atoms with Crippen molar-refractivity contribution in [2.24, 2.45) is 5.92 Å². The molecule has 4 heteroatoms. The number of nitrogens with zero attached hydrogens (tertiary/aromatic N) is 1. The lowest BCUT2D eigenvalue weighted by molar-refractivity contribution is 0.0943. The molecule has 1 atom stereocenters. The van der Waals surface area contributed by atoms with E-state index in [1.807, 2.05) is 24.3 Å². The lowest BCUT2D eigenvalue weighted by Gasteiger charge is -2.26. The summed E-state index contributed by atoms with van der Waals surface area (Å²) in [5.74, 6) is 1.19. The first kappa shape index (κ1) is 17.3. The molecule has 1 aliphatic heterocycles. The Kier molecular flexibility index (Phi) is 6.13. The normalized spacial score (nSPS) is 23.0. The second kappa shape index (κ2) is 8.52. The van der Waals surface area contributed by atoms with E-state index in [0.717, 1.165) is 19.1 Å². The van der Waals surface area contributed by atoms with Gasteiger partial charge >= 0.3 is 0 Å².